The van der Waals surface area contributed by atoms with Gasteiger partial charge in [-0.3, -0.25) is 0 Å². The van der Waals surface area contributed by atoms with Gasteiger partial charge in [0.15, 0.2) is 0 Å². The maximum absolute atomic E-state index is 9.22. The van der Waals surface area contributed by atoms with Crippen LogP contribution in [0.5, 0.6) is 0 Å². The molecule has 20 heavy (non-hydrogen) atoms. The first-order valence-electron chi connectivity index (χ1n) is 6.84. The van der Waals surface area contributed by atoms with Crippen LogP contribution >= 0.6 is 11.8 Å². The molecule has 0 heterocycles. The Morgan fingerprint density at radius 2 is 1.60 bits per heavy atom. The maximum atomic E-state index is 9.22. The summed E-state index contributed by atoms with van der Waals surface area (Å²) >= 11 is 1.95. The lowest BCUT2D eigenvalue weighted by molar-refractivity contribution is -0.104. The van der Waals surface area contributed by atoms with Crippen LogP contribution in [-0.2, 0) is 4.74 Å². The molecule has 0 spiro atoms. The number of methoxy groups -OCH3 is 1. The minimum Gasteiger partial charge on any atom is -0.391 e. The van der Waals surface area contributed by atoms with E-state index in [0.29, 0.717) is 0 Å². The molecular formula is C13H34N2O4S. The van der Waals surface area contributed by atoms with Crippen molar-refractivity contribution in [3.05, 3.63) is 0 Å². The number of thioether (sulfide) groups is 1. The number of hydrogen-bond acceptors (Lipinski definition) is 7. The smallest absolute Gasteiger partial charge is 0.108 e. The van der Waals surface area contributed by atoms with Crippen LogP contribution in [0, 0.1) is 0 Å². The van der Waals surface area contributed by atoms with E-state index in [1.807, 2.05) is 11.8 Å². The Hall–Kier alpha value is 0.110. The van der Waals surface area contributed by atoms with Crippen molar-refractivity contribution in [2.24, 2.45) is 11.5 Å². The molecule has 0 aliphatic carbocycles. The molecule has 0 aromatic heterocycles. The largest absolute Gasteiger partial charge is 0.391 e. The molecule has 4 unspecified atom stereocenters. The van der Waals surface area contributed by atoms with Gasteiger partial charge in [-0.05, 0) is 45.4 Å². The van der Waals surface area contributed by atoms with E-state index in [4.69, 9.17) is 20.7 Å². The molecule has 0 amide bonds. The SMILES string of the molecule is CCSCCCN.CN.COC(C)C(O)C(O)C(C)O. The van der Waals surface area contributed by atoms with Crippen LogP contribution in [-0.4, -0.2) is 71.9 Å². The molecule has 0 rings (SSSR count). The van der Waals surface area contributed by atoms with Gasteiger partial charge in [0, 0.05) is 7.11 Å². The van der Waals surface area contributed by atoms with Gasteiger partial charge in [0.05, 0.1) is 12.2 Å². The zero-order valence-corrected chi connectivity index (χ0v) is 14.3. The summed E-state index contributed by atoms with van der Waals surface area (Å²) in [6, 6.07) is 0. The first kappa shape index (κ1) is 25.1. The molecule has 0 saturated heterocycles. The summed E-state index contributed by atoms with van der Waals surface area (Å²) < 4.78 is 4.76. The second-order valence-corrected chi connectivity index (χ2v) is 5.40. The predicted molar refractivity (Wildman–Crippen MR) is 86.9 cm³/mol. The van der Waals surface area contributed by atoms with Gasteiger partial charge < -0.3 is 31.5 Å². The van der Waals surface area contributed by atoms with Crippen molar-refractivity contribution < 1.29 is 20.1 Å². The van der Waals surface area contributed by atoms with Gasteiger partial charge in [-0.15, -0.1) is 0 Å². The van der Waals surface area contributed by atoms with Crippen molar-refractivity contribution in [1.82, 2.24) is 0 Å². The number of aliphatic hydroxyl groups is 3. The molecule has 0 aromatic rings. The summed E-state index contributed by atoms with van der Waals surface area (Å²) in [6.07, 6.45) is -2.44. The number of hydrogen-bond donors (Lipinski definition) is 5. The van der Waals surface area contributed by atoms with E-state index in [-0.39, 0.29) is 0 Å². The summed E-state index contributed by atoms with van der Waals surface area (Å²) in [4.78, 5) is 0. The zero-order chi connectivity index (χ0) is 16.6. The molecule has 0 aliphatic rings. The quantitative estimate of drug-likeness (QED) is 0.393. The van der Waals surface area contributed by atoms with E-state index in [2.05, 4.69) is 12.7 Å². The fourth-order valence-corrected chi connectivity index (χ4v) is 1.69. The lowest BCUT2D eigenvalue weighted by Crippen LogP contribution is -2.42. The van der Waals surface area contributed by atoms with Crippen molar-refractivity contribution in [2.45, 2.75) is 51.6 Å². The van der Waals surface area contributed by atoms with Crippen molar-refractivity contribution in [2.75, 3.05) is 32.2 Å². The average Bonchev–Trinajstić information content (AvgIpc) is 2.48. The van der Waals surface area contributed by atoms with E-state index >= 15 is 0 Å². The number of rotatable bonds is 8. The van der Waals surface area contributed by atoms with Crippen molar-refractivity contribution in [3.8, 4) is 0 Å². The Morgan fingerprint density at radius 3 is 1.90 bits per heavy atom. The van der Waals surface area contributed by atoms with Crippen LogP contribution < -0.4 is 11.5 Å². The lowest BCUT2D eigenvalue weighted by Gasteiger charge is -2.24. The fourth-order valence-electron chi connectivity index (χ4n) is 1.03. The normalized spacial score (nSPS) is 15.9. The molecule has 0 aromatic carbocycles. The third-order valence-electron chi connectivity index (χ3n) is 2.39. The van der Waals surface area contributed by atoms with E-state index in [0.717, 1.165) is 6.54 Å². The molecule has 0 fully saturated rings. The Morgan fingerprint density at radius 1 is 1.10 bits per heavy atom. The predicted octanol–water partition coefficient (Wildman–Crippen LogP) is -0.213. The second kappa shape index (κ2) is 19.1. The van der Waals surface area contributed by atoms with Crippen LogP contribution in [0.1, 0.15) is 27.2 Å². The molecule has 0 aliphatic heterocycles. The summed E-state index contributed by atoms with van der Waals surface area (Å²) in [5.41, 5.74) is 9.76. The number of nitrogens with two attached hydrogens (primary N) is 2. The number of ether oxygens (including phenoxy) is 1. The molecule has 7 heteroatoms. The van der Waals surface area contributed by atoms with E-state index in [1.165, 1.54) is 39.0 Å². The highest BCUT2D eigenvalue weighted by atomic mass is 32.2. The monoisotopic (exact) mass is 314 g/mol. The highest BCUT2D eigenvalue weighted by Gasteiger charge is 2.26. The summed E-state index contributed by atoms with van der Waals surface area (Å²) in [7, 11) is 2.93. The first-order chi connectivity index (χ1) is 9.42. The minimum atomic E-state index is -1.15. The van der Waals surface area contributed by atoms with Crippen LogP contribution in [0.4, 0.5) is 0 Å². The molecule has 0 bridgehead atoms. The van der Waals surface area contributed by atoms with Crippen molar-refractivity contribution in [1.29, 1.82) is 0 Å². The van der Waals surface area contributed by atoms with Crippen LogP contribution in [0.15, 0.2) is 0 Å². The number of aliphatic hydroxyl groups excluding tert-OH is 3. The molecule has 4 atom stereocenters. The highest BCUT2D eigenvalue weighted by Crippen LogP contribution is 2.06. The van der Waals surface area contributed by atoms with Crippen molar-refractivity contribution in [3.63, 3.8) is 0 Å². The van der Waals surface area contributed by atoms with Gasteiger partial charge >= 0.3 is 0 Å². The molecular weight excluding hydrogens is 280 g/mol. The molecule has 6 nitrogen and oxygen atoms in total. The fraction of sp³-hybridized carbons (Fsp3) is 1.00. The Kier molecular flexibility index (Phi) is 24.0. The topological polar surface area (TPSA) is 122 Å². The third-order valence-corrected chi connectivity index (χ3v) is 3.38. The van der Waals surface area contributed by atoms with Crippen LogP contribution in [0.3, 0.4) is 0 Å². The third kappa shape index (κ3) is 16.2. The lowest BCUT2D eigenvalue weighted by atomic mass is 10.1. The van der Waals surface area contributed by atoms with Crippen LogP contribution in [0.2, 0.25) is 0 Å². The van der Waals surface area contributed by atoms with Gasteiger partial charge in [-0.25, -0.2) is 0 Å². The maximum Gasteiger partial charge on any atom is 0.108 e. The zero-order valence-electron chi connectivity index (χ0n) is 13.5. The molecule has 0 radical (unpaired) electrons. The van der Waals surface area contributed by atoms with Gasteiger partial charge in [0.2, 0.25) is 0 Å². The van der Waals surface area contributed by atoms with Gasteiger partial charge in [0.25, 0.3) is 0 Å². The minimum absolute atomic E-state index is 0.473. The Bertz CT molecular complexity index is 172. The van der Waals surface area contributed by atoms with Gasteiger partial charge in [-0.2, -0.15) is 11.8 Å². The Labute approximate surface area is 127 Å². The average molecular weight is 314 g/mol. The molecule has 7 N–H and O–H groups in total. The summed E-state index contributed by atoms with van der Waals surface area (Å²) in [5.74, 6) is 2.45. The summed E-state index contributed by atoms with van der Waals surface area (Å²) in [5, 5.41) is 27.2. The van der Waals surface area contributed by atoms with Crippen molar-refractivity contribution >= 4 is 11.8 Å². The Balaban J connectivity index is -0.000000277. The highest BCUT2D eigenvalue weighted by molar-refractivity contribution is 7.99. The van der Waals surface area contributed by atoms with Gasteiger partial charge in [-0.1, -0.05) is 6.92 Å². The van der Waals surface area contributed by atoms with E-state index in [9.17, 15) is 5.11 Å². The van der Waals surface area contributed by atoms with Crippen LogP contribution in [0.25, 0.3) is 0 Å². The first-order valence-corrected chi connectivity index (χ1v) is 8.00. The molecule has 0 saturated carbocycles. The standard InChI is InChI=1S/C7H16O4.C5H13NS.CH5N/c1-4(8)6(9)7(10)5(2)11-3;1-2-7-5-3-4-6;1-2/h4-10H,1-3H3;2-6H2,1H3;2H2,1H3. The van der Waals surface area contributed by atoms with Gasteiger partial charge in [0.1, 0.15) is 12.2 Å². The van der Waals surface area contributed by atoms with E-state index in [1.54, 1.807) is 6.92 Å². The summed E-state index contributed by atoms with van der Waals surface area (Å²) in [6.45, 7) is 6.04. The van der Waals surface area contributed by atoms with E-state index < -0.39 is 24.4 Å². The second-order valence-electron chi connectivity index (χ2n) is 4.00. The molecule has 126 valence electrons.